The number of nitrogens with zero attached hydrogens (tertiary/aromatic N) is 2. The van der Waals surface area contributed by atoms with Crippen LogP contribution in [0.1, 0.15) is 5.56 Å². The van der Waals surface area contributed by atoms with Crippen molar-refractivity contribution in [1.29, 1.82) is 0 Å². The smallest absolute Gasteiger partial charge is 0.0886 e. The molecule has 0 bridgehead atoms. The molecule has 2 aromatic heterocycles. The molecule has 120 valence electrons. The summed E-state index contributed by atoms with van der Waals surface area (Å²) in [4.78, 5) is 9.00. The molecule has 0 saturated carbocycles. The van der Waals surface area contributed by atoms with E-state index in [0.29, 0.717) is 0 Å². The number of aromatic nitrogens is 2. The van der Waals surface area contributed by atoms with Crippen molar-refractivity contribution in [2.24, 2.45) is 0 Å². The molecule has 25 heavy (non-hydrogen) atoms. The maximum atomic E-state index is 4.63. The lowest BCUT2D eigenvalue weighted by Gasteiger charge is -2.13. The molecule has 0 fully saturated rings. The molecule has 0 atom stereocenters. The molecule has 0 N–H and O–H groups in total. The number of hydrogen-bond acceptors (Lipinski definition) is 2. The zero-order valence-electron chi connectivity index (χ0n) is 14.1. The Bertz CT molecular complexity index is 975. The standard InChI is InChI=1S/C23H18N2/c1-17-8-7-11-20(23(17)18-9-3-2-4-10-18)19-13-14-22(25-16-19)21-12-5-6-15-24-21/h2-16H,1H3. The van der Waals surface area contributed by atoms with E-state index < -0.39 is 0 Å². The van der Waals surface area contributed by atoms with Gasteiger partial charge < -0.3 is 0 Å². The van der Waals surface area contributed by atoms with E-state index >= 15 is 0 Å². The summed E-state index contributed by atoms with van der Waals surface area (Å²) in [6.07, 6.45) is 3.73. The minimum atomic E-state index is 0.887. The molecule has 0 saturated heterocycles. The Labute approximate surface area is 147 Å². The number of rotatable bonds is 3. The molecule has 2 nitrogen and oxygen atoms in total. The number of benzene rings is 2. The van der Waals surface area contributed by atoms with Crippen molar-refractivity contribution < 1.29 is 0 Å². The van der Waals surface area contributed by atoms with Gasteiger partial charge in [0.25, 0.3) is 0 Å². The fraction of sp³-hybridized carbons (Fsp3) is 0.0435. The quantitative estimate of drug-likeness (QED) is 0.477. The molecule has 0 aliphatic carbocycles. The fourth-order valence-electron chi connectivity index (χ4n) is 3.12. The van der Waals surface area contributed by atoms with Gasteiger partial charge in [0.1, 0.15) is 0 Å². The summed E-state index contributed by atoms with van der Waals surface area (Å²) in [6.45, 7) is 2.15. The van der Waals surface area contributed by atoms with Crippen LogP contribution in [-0.4, -0.2) is 9.97 Å². The third-order valence-electron chi connectivity index (χ3n) is 4.34. The van der Waals surface area contributed by atoms with Crippen LogP contribution in [0.5, 0.6) is 0 Å². The van der Waals surface area contributed by atoms with Crippen molar-refractivity contribution >= 4 is 0 Å². The Balaban J connectivity index is 1.80. The average molecular weight is 322 g/mol. The second kappa shape index (κ2) is 6.70. The summed E-state index contributed by atoms with van der Waals surface area (Å²) in [7, 11) is 0. The van der Waals surface area contributed by atoms with Crippen LogP contribution in [-0.2, 0) is 0 Å². The first kappa shape index (κ1) is 15.3. The van der Waals surface area contributed by atoms with Crippen LogP contribution in [0.15, 0.2) is 91.3 Å². The Kier molecular flexibility index (Phi) is 4.09. The Morgan fingerprint density at radius 2 is 1.40 bits per heavy atom. The highest BCUT2D eigenvalue weighted by Gasteiger charge is 2.10. The third-order valence-corrected chi connectivity index (χ3v) is 4.34. The van der Waals surface area contributed by atoms with Crippen LogP contribution in [0.2, 0.25) is 0 Å². The van der Waals surface area contributed by atoms with Gasteiger partial charge in [-0.15, -0.1) is 0 Å². The lowest BCUT2D eigenvalue weighted by atomic mass is 9.91. The van der Waals surface area contributed by atoms with Crippen LogP contribution >= 0.6 is 0 Å². The van der Waals surface area contributed by atoms with Gasteiger partial charge >= 0.3 is 0 Å². The molecule has 0 amide bonds. The van der Waals surface area contributed by atoms with Crippen LogP contribution in [0.4, 0.5) is 0 Å². The average Bonchev–Trinajstić information content (AvgIpc) is 2.69. The first-order valence-corrected chi connectivity index (χ1v) is 8.36. The molecule has 0 spiro atoms. The Hall–Kier alpha value is -3.26. The maximum Gasteiger partial charge on any atom is 0.0886 e. The number of aryl methyl sites for hydroxylation is 1. The van der Waals surface area contributed by atoms with E-state index in [1.807, 2.05) is 36.5 Å². The van der Waals surface area contributed by atoms with E-state index in [4.69, 9.17) is 0 Å². The third kappa shape index (κ3) is 3.07. The number of pyridine rings is 2. The van der Waals surface area contributed by atoms with Crippen LogP contribution < -0.4 is 0 Å². The predicted molar refractivity (Wildman–Crippen MR) is 103 cm³/mol. The molecule has 4 aromatic rings. The highest BCUT2D eigenvalue weighted by atomic mass is 14.8. The second-order valence-corrected chi connectivity index (χ2v) is 6.01. The summed E-state index contributed by atoms with van der Waals surface area (Å²) in [5, 5.41) is 0. The lowest BCUT2D eigenvalue weighted by molar-refractivity contribution is 1.25. The van der Waals surface area contributed by atoms with Gasteiger partial charge in [-0.3, -0.25) is 9.97 Å². The van der Waals surface area contributed by atoms with Crippen LogP contribution in [0.25, 0.3) is 33.6 Å². The van der Waals surface area contributed by atoms with Gasteiger partial charge in [-0.05, 0) is 47.4 Å². The monoisotopic (exact) mass is 322 g/mol. The normalized spacial score (nSPS) is 10.6. The molecular formula is C23H18N2. The molecule has 2 heteroatoms. The number of hydrogen-bond donors (Lipinski definition) is 0. The Morgan fingerprint density at radius 1 is 0.600 bits per heavy atom. The van der Waals surface area contributed by atoms with Gasteiger partial charge in [0.2, 0.25) is 0 Å². The van der Waals surface area contributed by atoms with Crippen LogP contribution in [0, 0.1) is 6.92 Å². The summed E-state index contributed by atoms with van der Waals surface area (Å²) < 4.78 is 0. The topological polar surface area (TPSA) is 25.8 Å². The van der Waals surface area contributed by atoms with Crippen molar-refractivity contribution in [3.05, 3.63) is 96.8 Å². The van der Waals surface area contributed by atoms with E-state index in [9.17, 15) is 0 Å². The first-order valence-electron chi connectivity index (χ1n) is 8.36. The second-order valence-electron chi connectivity index (χ2n) is 6.01. The van der Waals surface area contributed by atoms with E-state index in [-0.39, 0.29) is 0 Å². The zero-order chi connectivity index (χ0) is 17.1. The van der Waals surface area contributed by atoms with Crippen molar-refractivity contribution in [3.8, 4) is 33.6 Å². The van der Waals surface area contributed by atoms with Crippen molar-refractivity contribution in [1.82, 2.24) is 9.97 Å². The maximum absolute atomic E-state index is 4.63. The van der Waals surface area contributed by atoms with E-state index in [0.717, 1.165) is 17.0 Å². The summed E-state index contributed by atoms with van der Waals surface area (Å²) in [5.41, 5.74) is 7.84. The summed E-state index contributed by atoms with van der Waals surface area (Å²) in [5.74, 6) is 0. The van der Waals surface area contributed by atoms with Gasteiger partial charge in [-0.2, -0.15) is 0 Å². The lowest BCUT2D eigenvalue weighted by Crippen LogP contribution is -1.91. The predicted octanol–water partition coefficient (Wildman–Crippen LogP) is 5.79. The Morgan fingerprint density at radius 3 is 2.12 bits per heavy atom. The van der Waals surface area contributed by atoms with Crippen molar-refractivity contribution in [2.45, 2.75) is 6.92 Å². The minimum Gasteiger partial charge on any atom is -0.255 e. The molecule has 0 radical (unpaired) electrons. The first-order chi connectivity index (χ1) is 12.3. The molecule has 0 unspecified atom stereocenters. The van der Waals surface area contributed by atoms with Crippen molar-refractivity contribution in [2.75, 3.05) is 0 Å². The SMILES string of the molecule is Cc1cccc(-c2ccc(-c3ccccn3)nc2)c1-c1ccccc1. The van der Waals surface area contributed by atoms with Crippen LogP contribution in [0.3, 0.4) is 0 Å². The van der Waals surface area contributed by atoms with Gasteiger partial charge in [-0.25, -0.2) is 0 Å². The van der Waals surface area contributed by atoms with E-state index in [2.05, 4.69) is 65.4 Å². The molecule has 0 aliphatic heterocycles. The highest BCUT2D eigenvalue weighted by Crippen LogP contribution is 2.34. The highest BCUT2D eigenvalue weighted by molar-refractivity contribution is 5.85. The largest absolute Gasteiger partial charge is 0.255 e. The molecule has 4 rings (SSSR count). The fourth-order valence-corrected chi connectivity index (χ4v) is 3.12. The van der Waals surface area contributed by atoms with Gasteiger partial charge in [-0.1, -0.05) is 60.7 Å². The minimum absolute atomic E-state index is 0.887. The van der Waals surface area contributed by atoms with Crippen molar-refractivity contribution in [3.63, 3.8) is 0 Å². The van der Waals surface area contributed by atoms with E-state index in [1.54, 1.807) is 6.20 Å². The van der Waals surface area contributed by atoms with Gasteiger partial charge in [0, 0.05) is 18.0 Å². The van der Waals surface area contributed by atoms with E-state index in [1.165, 1.54) is 22.3 Å². The molecule has 2 heterocycles. The molecule has 2 aromatic carbocycles. The zero-order valence-corrected chi connectivity index (χ0v) is 14.1. The van der Waals surface area contributed by atoms with Gasteiger partial charge in [0.05, 0.1) is 11.4 Å². The molecule has 0 aliphatic rings. The molecular weight excluding hydrogens is 304 g/mol. The van der Waals surface area contributed by atoms with Gasteiger partial charge in [0.15, 0.2) is 0 Å². The summed E-state index contributed by atoms with van der Waals surface area (Å²) in [6, 6.07) is 27.0. The summed E-state index contributed by atoms with van der Waals surface area (Å²) >= 11 is 0.